The van der Waals surface area contributed by atoms with Gasteiger partial charge in [0, 0.05) is 26.1 Å². The van der Waals surface area contributed by atoms with Crippen LogP contribution in [-0.4, -0.2) is 56.9 Å². The summed E-state index contributed by atoms with van der Waals surface area (Å²) in [5.74, 6) is 1.27. The molecule has 1 fully saturated rings. The topological polar surface area (TPSA) is 80.1 Å². The Labute approximate surface area is 169 Å². The lowest BCUT2D eigenvalue weighted by Crippen LogP contribution is -2.31. The lowest BCUT2D eigenvalue weighted by molar-refractivity contribution is -0.127. The van der Waals surface area contributed by atoms with Crippen LogP contribution in [0, 0.1) is 20.8 Å². The van der Waals surface area contributed by atoms with E-state index in [-0.39, 0.29) is 17.6 Å². The largest absolute Gasteiger partial charge is 0.355 e. The molecule has 2 amide bonds. The van der Waals surface area contributed by atoms with Crippen LogP contribution in [0.25, 0.3) is 5.69 Å². The highest BCUT2D eigenvalue weighted by atomic mass is 32.2. The number of nitrogens with one attached hydrogen (secondary N) is 1. The van der Waals surface area contributed by atoms with E-state index in [4.69, 9.17) is 0 Å². The molecule has 0 bridgehead atoms. The number of nitrogens with zero attached hydrogens (tertiary/aromatic N) is 4. The minimum absolute atomic E-state index is 0.0362. The summed E-state index contributed by atoms with van der Waals surface area (Å²) in [4.78, 5) is 25.6. The predicted octanol–water partition coefficient (Wildman–Crippen LogP) is 2.41. The minimum Gasteiger partial charge on any atom is -0.355 e. The number of thioether (sulfide) groups is 1. The molecule has 1 aromatic heterocycles. The van der Waals surface area contributed by atoms with Crippen molar-refractivity contribution in [1.82, 2.24) is 25.0 Å². The highest BCUT2D eigenvalue weighted by Crippen LogP contribution is 2.24. The fourth-order valence-corrected chi connectivity index (χ4v) is 4.11. The predicted molar refractivity (Wildman–Crippen MR) is 110 cm³/mol. The van der Waals surface area contributed by atoms with Gasteiger partial charge < -0.3 is 10.2 Å². The van der Waals surface area contributed by atoms with Gasteiger partial charge in [-0.05, 0) is 50.8 Å². The maximum atomic E-state index is 12.2. The van der Waals surface area contributed by atoms with Gasteiger partial charge in [-0.15, -0.1) is 10.2 Å². The van der Waals surface area contributed by atoms with Gasteiger partial charge in [0.05, 0.1) is 11.4 Å². The summed E-state index contributed by atoms with van der Waals surface area (Å²) in [6.07, 6.45) is 2.38. The van der Waals surface area contributed by atoms with Crippen LogP contribution < -0.4 is 5.32 Å². The molecule has 2 aromatic rings. The monoisotopic (exact) mass is 401 g/mol. The summed E-state index contributed by atoms with van der Waals surface area (Å²) >= 11 is 1.38. The van der Waals surface area contributed by atoms with Gasteiger partial charge in [0.2, 0.25) is 11.8 Å². The third-order valence-corrected chi connectivity index (χ3v) is 5.76. The van der Waals surface area contributed by atoms with Crippen molar-refractivity contribution in [3.8, 4) is 5.69 Å². The third kappa shape index (κ3) is 4.92. The lowest BCUT2D eigenvalue weighted by Gasteiger charge is -2.15. The van der Waals surface area contributed by atoms with Gasteiger partial charge in [0.1, 0.15) is 5.82 Å². The second-order valence-electron chi connectivity index (χ2n) is 7.13. The van der Waals surface area contributed by atoms with Crippen molar-refractivity contribution >= 4 is 23.6 Å². The number of likely N-dealkylation sites (tertiary alicyclic amines) is 1. The SMILES string of the molecule is Cc1ccc(C)c(-n2c(C)nnc2SCC(=O)NCCCN2CCCC2=O)c1. The zero-order valence-corrected chi connectivity index (χ0v) is 17.5. The maximum absolute atomic E-state index is 12.2. The van der Waals surface area contributed by atoms with Crippen molar-refractivity contribution in [2.24, 2.45) is 0 Å². The summed E-state index contributed by atoms with van der Waals surface area (Å²) in [6.45, 7) is 8.16. The first-order valence-electron chi connectivity index (χ1n) is 9.62. The number of amides is 2. The van der Waals surface area contributed by atoms with Crippen molar-refractivity contribution in [2.75, 3.05) is 25.4 Å². The maximum Gasteiger partial charge on any atom is 0.230 e. The van der Waals surface area contributed by atoms with Gasteiger partial charge >= 0.3 is 0 Å². The van der Waals surface area contributed by atoms with Crippen LogP contribution in [0.15, 0.2) is 23.4 Å². The second-order valence-corrected chi connectivity index (χ2v) is 8.07. The van der Waals surface area contributed by atoms with Gasteiger partial charge in [-0.25, -0.2) is 0 Å². The summed E-state index contributed by atoms with van der Waals surface area (Å²) < 4.78 is 2.00. The molecule has 150 valence electrons. The molecule has 1 N–H and O–H groups in total. The Morgan fingerprint density at radius 3 is 2.82 bits per heavy atom. The Kier molecular flexibility index (Phi) is 6.72. The molecule has 7 nitrogen and oxygen atoms in total. The van der Waals surface area contributed by atoms with Crippen LogP contribution in [0.3, 0.4) is 0 Å². The Hall–Kier alpha value is -2.35. The Bertz CT molecular complexity index is 864. The van der Waals surface area contributed by atoms with Gasteiger partial charge in [-0.3, -0.25) is 14.2 Å². The van der Waals surface area contributed by atoms with E-state index < -0.39 is 0 Å². The van der Waals surface area contributed by atoms with Crippen LogP contribution in [0.4, 0.5) is 0 Å². The van der Waals surface area contributed by atoms with E-state index in [1.807, 2.05) is 16.4 Å². The highest BCUT2D eigenvalue weighted by Gasteiger charge is 2.19. The van der Waals surface area contributed by atoms with Gasteiger partial charge in [0.25, 0.3) is 0 Å². The van der Waals surface area contributed by atoms with Crippen LogP contribution in [-0.2, 0) is 9.59 Å². The van der Waals surface area contributed by atoms with E-state index in [2.05, 4.69) is 47.6 Å². The zero-order valence-electron chi connectivity index (χ0n) is 16.7. The molecule has 8 heteroatoms. The Morgan fingerprint density at radius 2 is 2.07 bits per heavy atom. The van der Waals surface area contributed by atoms with Crippen molar-refractivity contribution in [3.05, 3.63) is 35.2 Å². The van der Waals surface area contributed by atoms with Gasteiger partial charge in [-0.2, -0.15) is 0 Å². The highest BCUT2D eigenvalue weighted by molar-refractivity contribution is 7.99. The molecule has 3 rings (SSSR count). The van der Waals surface area contributed by atoms with E-state index in [1.165, 1.54) is 17.3 Å². The van der Waals surface area contributed by atoms with Crippen molar-refractivity contribution in [3.63, 3.8) is 0 Å². The molecule has 1 aromatic carbocycles. The number of aryl methyl sites for hydroxylation is 3. The van der Waals surface area contributed by atoms with Crippen LogP contribution >= 0.6 is 11.8 Å². The number of hydrogen-bond donors (Lipinski definition) is 1. The molecule has 0 saturated carbocycles. The van der Waals surface area contributed by atoms with E-state index in [0.29, 0.717) is 24.7 Å². The number of hydrogen-bond acceptors (Lipinski definition) is 5. The average Bonchev–Trinajstić information content (AvgIpc) is 3.24. The fraction of sp³-hybridized carbons (Fsp3) is 0.500. The van der Waals surface area contributed by atoms with Crippen LogP contribution in [0.1, 0.15) is 36.2 Å². The Balaban J connectivity index is 1.51. The first kappa shape index (κ1) is 20.4. The van der Waals surface area contributed by atoms with E-state index >= 15 is 0 Å². The Morgan fingerprint density at radius 1 is 1.25 bits per heavy atom. The smallest absolute Gasteiger partial charge is 0.230 e. The molecule has 0 unspecified atom stereocenters. The van der Waals surface area contributed by atoms with E-state index in [9.17, 15) is 9.59 Å². The summed E-state index contributed by atoms with van der Waals surface area (Å²) in [6, 6.07) is 6.26. The average molecular weight is 402 g/mol. The van der Waals surface area contributed by atoms with Crippen molar-refractivity contribution in [2.45, 2.75) is 45.2 Å². The van der Waals surface area contributed by atoms with E-state index in [1.54, 1.807) is 0 Å². The standard InChI is InChI=1S/C20H27N5O2S/c1-14-7-8-15(2)17(12-14)25-16(3)22-23-20(25)28-13-18(26)21-9-5-11-24-10-4-6-19(24)27/h7-8,12H,4-6,9-11,13H2,1-3H3,(H,21,26). The molecule has 0 aliphatic carbocycles. The summed E-state index contributed by atoms with van der Waals surface area (Å²) in [7, 11) is 0. The number of carbonyl (C=O) groups excluding carboxylic acids is 2. The second kappa shape index (κ2) is 9.23. The molecular weight excluding hydrogens is 374 g/mol. The molecule has 2 heterocycles. The quantitative estimate of drug-likeness (QED) is 0.543. The van der Waals surface area contributed by atoms with Crippen molar-refractivity contribution < 1.29 is 9.59 Å². The molecule has 1 aliphatic rings. The molecule has 0 atom stereocenters. The number of benzene rings is 1. The number of rotatable bonds is 8. The summed E-state index contributed by atoms with van der Waals surface area (Å²) in [5.41, 5.74) is 3.34. The third-order valence-electron chi connectivity index (χ3n) is 4.83. The molecule has 1 aliphatic heterocycles. The minimum atomic E-state index is -0.0362. The molecular formula is C20H27N5O2S. The lowest BCUT2D eigenvalue weighted by atomic mass is 10.1. The summed E-state index contributed by atoms with van der Waals surface area (Å²) in [5, 5.41) is 12.1. The molecule has 1 saturated heterocycles. The number of carbonyl (C=O) groups is 2. The van der Waals surface area contributed by atoms with E-state index in [0.717, 1.165) is 36.5 Å². The normalized spacial score (nSPS) is 14.0. The first-order valence-corrected chi connectivity index (χ1v) is 10.6. The zero-order chi connectivity index (χ0) is 20.1. The molecule has 0 spiro atoms. The first-order chi connectivity index (χ1) is 13.5. The fourth-order valence-electron chi connectivity index (χ4n) is 3.29. The molecule has 0 radical (unpaired) electrons. The van der Waals surface area contributed by atoms with Crippen LogP contribution in [0.5, 0.6) is 0 Å². The van der Waals surface area contributed by atoms with Crippen molar-refractivity contribution in [1.29, 1.82) is 0 Å². The van der Waals surface area contributed by atoms with Gasteiger partial charge in [0.15, 0.2) is 5.16 Å². The van der Waals surface area contributed by atoms with Gasteiger partial charge in [-0.1, -0.05) is 23.9 Å². The number of aromatic nitrogens is 3. The molecule has 28 heavy (non-hydrogen) atoms. The van der Waals surface area contributed by atoms with Crippen LogP contribution in [0.2, 0.25) is 0 Å².